The fraction of sp³-hybridized carbons (Fsp3) is 0.0182. The van der Waals surface area contributed by atoms with Gasteiger partial charge in [-0.2, -0.15) is 0 Å². The largest absolute Gasteiger partial charge is 0.456 e. The van der Waals surface area contributed by atoms with Crippen molar-refractivity contribution in [2.75, 3.05) is 4.90 Å². The van der Waals surface area contributed by atoms with Crippen LogP contribution >= 0.6 is 0 Å². The number of nitrogens with zero attached hydrogens (tertiary/aromatic N) is 1. The molecule has 268 valence electrons. The van der Waals surface area contributed by atoms with Crippen molar-refractivity contribution in [2.45, 2.75) is 5.41 Å². The number of furan rings is 1. The van der Waals surface area contributed by atoms with E-state index in [0.717, 1.165) is 44.6 Å². The molecule has 0 saturated heterocycles. The number of benzene rings is 9. The summed E-state index contributed by atoms with van der Waals surface area (Å²) in [6.45, 7) is 0. The maximum absolute atomic E-state index is 6.22. The van der Waals surface area contributed by atoms with Gasteiger partial charge in [0.2, 0.25) is 0 Å². The Kier molecular flexibility index (Phi) is 7.75. The molecular formula is C55H37NO. The van der Waals surface area contributed by atoms with Crippen LogP contribution in [0.25, 0.3) is 55.3 Å². The summed E-state index contributed by atoms with van der Waals surface area (Å²) in [4.78, 5) is 2.35. The standard InChI is InChI=1S/C55H37NO/c1-4-17-41(18-5-1)55(42-19-6-2-7-20-42)50-27-12-10-24-47(50)49-37-40(32-35-51(49)55)39-16-14-23-45(36-39)56(43-21-8-3-9-22-43)44-33-30-38(31-34-44)46-26-15-29-53-54(46)48-25-11-13-28-52(48)57-53/h1-37H. The van der Waals surface area contributed by atoms with Gasteiger partial charge in [0, 0.05) is 27.8 Å². The van der Waals surface area contributed by atoms with E-state index in [1.54, 1.807) is 0 Å². The van der Waals surface area contributed by atoms with Crippen molar-refractivity contribution in [3.8, 4) is 33.4 Å². The second kappa shape index (κ2) is 13.4. The summed E-state index contributed by atoms with van der Waals surface area (Å²) >= 11 is 0. The SMILES string of the molecule is c1ccc(N(c2ccc(-c3cccc4oc5ccccc5c34)cc2)c2cccc(-c3ccc4c(c3)-c3ccccc3C4(c3ccccc3)c3ccccc3)c2)cc1. The zero-order valence-corrected chi connectivity index (χ0v) is 31.2. The van der Waals surface area contributed by atoms with Gasteiger partial charge in [0.05, 0.1) is 5.41 Å². The zero-order chi connectivity index (χ0) is 37.8. The summed E-state index contributed by atoms with van der Waals surface area (Å²) in [6.07, 6.45) is 0. The van der Waals surface area contributed by atoms with Crippen LogP contribution in [0.1, 0.15) is 22.3 Å². The fourth-order valence-corrected chi connectivity index (χ4v) is 9.28. The van der Waals surface area contributed by atoms with Crippen LogP contribution in [0.3, 0.4) is 0 Å². The average molecular weight is 728 g/mol. The molecule has 2 heteroatoms. The highest BCUT2D eigenvalue weighted by Crippen LogP contribution is 2.56. The number of hydrogen-bond donors (Lipinski definition) is 0. The van der Waals surface area contributed by atoms with E-state index in [2.05, 4.69) is 217 Å². The van der Waals surface area contributed by atoms with Gasteiger partial charge in [-0.1, -0.05) is 170 Å². The molecule has 0 amide bonds. The molecule has 0 aliphatic heterocycles. The van der Waals surface area contributed by atoms with Crippen LogP contribution in [-0.4, -0.2) is 0 Å². The molecule has 0 N–H and O–H groups in total. The first kappa shape index (κ1) is 33.0. The van der Waals surface area contributed by atoms with Gasteiger partial charge in [0.25, 0.3) is 0 Å². The Hall–Kier alpha value is -7.42. The first-order valence-electron chi connectivity index (χ1n) is 19.6. The topological polar surface area (TPSA) is 16.4 Å². The number of anilines is 3. The lowest BCUT2D eigenvalue weighted by Crippen LogP contribution is -2.28. The molecule has 57 heavy (non-hydrogen) atoms. The molecule has 2 nitrogen and oxygen atoms in total. The Balaban J connectivity index is 1.02. The number of hydrogen-bond acceptors (Lipinski definition) is 2. The maximum atomic E-state index is 6.22. The molecule has 0 radical (unpaired) electrons. The van der Waals surface area contributed by atoms with Crippen LogP contribution in [0.4, 0.5) is 17.1 Å². The normalized spacial score (nSPS) is 12.7. The van der Waals surface area contributed by atoms with Crippen LogP contribution in [0.5, 0.6) is 0 Å². The van der Waals surface area contributed by atoms with E-state index < -0.39 is 5.41 Å². The van der Waals surface area contributed by atoms with Crippen LogP contribution in [0, 0.1) is 0 Å². The highest BCUT2D eigenvalue weighted by Gasteiger charge is 2.45. The minimum Gasteiger partial charge on any atom is -0.456 e. The Morgan fingerprint density at radius 3 is 1.65 bits per heavy atom. The predicted octanol–water partition coefficient (Wildman–Crippen LogP) is 14.8. The van der Waals surface area contributed by atoms with Crippen LogP contribution in [-0.2, 0) is 5.41 Å². The molecule has 1 aromatic heterocycles. The third kappa shape index (κ3) is 5.26. The summed E-state index contributed by atoms with van der Waals surface area (Å²) < 4.78 is 6.22. The summed E-state index contributed by atoms with van der Waals surface area (Å²) in [5.41, 5.74) is 17.1. The highest BCUT2D eigenvalue weighted by molar-refractivity contribution is 6.12. The molecule has 1 heterocycles. The maximum Gasteiger partial charge on any atom is 0.136 e. The predicted molar refractivity (Wildman–Crippen MR) is 237 cm³/mol. The molecule has 10 aromatic rings. The van der Waals surface area contributed by atoms with Gasteiger partial charge in [-0.05, 0) is 110 Å². The van der Waals surface area contributed by atoms with E-state index in [-0.39, 0.29) is 0 Å². The van der Waals surface area contributed by atoms with Gasteiger partial charge in [0.15, 0.2) is 0 Å². The van der Waals surface area contributed by atoms with Crippen molar-refractivity contribution in [3.05, 3.63) is 247 Å². The van der Waals surface area contributed by atoms with Crippen molar-refractivity contribution in [3.63, 3.8) is 0 Å². The Morgan fingerprint density at radius 2 is 0.877 bits per heavy atom. The Morgan fingerprint density at radius 1 is 0.333 bits per heavy atom. The minimum atomic E-state index is -0.415. The third-order valence-electron chi connectivity index (χ3n) is 11.7. The van der Waals surface area contributed by atoms with Crippen molar-refractivity contribution in [1.82, 2.24) is 0 Å². The lowest BCUT2D eigenvalue weighted by atomic mass is 9.67. The molecule has 0 saturated carbocycles. The molecule has 0 fully saturated rings. The van der Waals surface area contributed by atoms with E-state index in [1.807, 2.05) is 12.1 Å². The second-order valence-electron chi connectivity index (χ2n) is 14.8. The summed E-state index contributed by atoms with van der Waals surface area (Å²) in [5.74, 6) is 0. The van der Waals surface area contributed by atoms with Gasteiger partial charge in [0.1, 0.15) is 11.2 Å². The molecule has 9 aromatic carbocycles. The molecule has 1 aliphatic carbocycles. The lowest BCUT2D eigenvalue weighted by Gasteiger charge is -2.33. The summed E-state index contributed by atoms with van der Waals surface area (Å²) in [5, 5.41) is 2.28. The molecule has 0 unspecified atom stereocenters. The van der Waals surface area contributed by atoms with Crippen molar-refractivity contribution >= 4 is 39.0 Å². The van der Waals surface area contributed by atoms with Gasteiger partial charge in [-0.25, -0.2) is 0 Å². The van der Waals surface area contributed by atoms with Crippen LogP contribution in [0.15, 0.2) is 229 Å². The molecule has 0 spiro atoms. The molecule has 0 atom stereocenters. The second-order valence-corrected chi connectivity index (χ2v) is 14.8. The third-order valence-corrected chi connectivity index (χ3v) is 11.7. The first-order valence-corrected chi connectivity index (χ1v) is 19.6. The quantitative estimate of drug-likeness (QED) is 0.163. The van der Waals surface area contributed by atoms with Gasteiger partial charge < -0.3 is 9.32 Å². The zero-order valence-electron chi connectivity index (χ0n) is 31.2. The van der Waals surface area contributed by atoms with E-state index in [4.69, 9.17) is 4.42 Å². The molecule has 1 aliphatic rings. The highest BCUT2D eigenvalue weighted by atomic mass is 16.3. The fourth-order valence-electron chi connectivity index (χ4n) is 9.28. The van der Waals surface area contributed by atoms with Crippen molar-refractivity contribution in [2.24, 2.45) is 0 Å². The van der Waals surface area contributed by atoms with E-state index in [0.29, 0.717) is 0 Å². The van der Waals surface area contributed by atoms with E-state index in [1.165, 1.54) is 50.1 Å². The smallest absolute Gasteiger partial charge is 0.136 e. The number of para-hydroxylation sites is 2. The van der Waals surface area contributed by atoms with Gasteiger partial charge in [-0.15, -0.1) is 0 Å². The van der Waals surface area contributed by atoms with Crippen LogP contribution < -0.4 is 4.90 Å². The Bertz CT molecular complexity index is 3020. The minimum absolute atomic E-state index is 0.415. The summed E-state index contributed by atoms with van der Waals surface area (Å²) in [7, 11) is 0. The first-order chi connectivity index (χ1) is 28.3. The summed E-state index contributed by atoms with van der Waals surface area (Å²) in [6, 6.07) is 81.1. The van der Waals surface area contributed by atoms with Gasteiger partial charge >= 0.3 is 0 Å². The van der Waals surface area contributed by atoms with Crippen LogP contribution in [0.2, 0.25) is 0 Å². The average Bonchev–Trinajstić information content (AvgIpc) is 3.82. The van der Waals surface area contributed by atoms with Gasteiger partial charge in [-0.3, -0.25) is 0 Å². The van der Waals surface area contributed by atoms with Crippen molar-refractivity contribution in [1.29, 1.82) is 0 Å². The number of fused-ring (bicyclic) bond motifs is 6. The molecule has 0 bridgehead atoms. The molecule has 11 rings (SSSR count). The monoisotopic (exact) mass is 727 g/mol. The molecular weight excluding hydrogens is 691 g/mol. The van der Waals surface area contributed by atoms with Crippen molar-refractivity contribution < 1.29 is 4.42 Å². The Labute approximate surface area is 332 Å². The van der Waals surface area contributed by atoms with E-state index in [9.17, 15) is 0 Å². The van der Waals surface area contributed by atoms with E-state index >= 15 is 0 Å². The number of rotatable bonds is 7. The lowest BCUT2D eigenvalue weighted by molar-refractivity contribution is 0.669.